The van der Waals surface area contributed by atoms with Crippen LogP contribution >= 0.6 is 11.3 Å². The molecule has 0 saturated heterocycles. The lowest BCUT2D eigenvalue weighted by molar-refractivity contribution is -0.0498. The van der Waals surface area contributed by atoms with E-state index >= 15 is 0 Å². The van der Waals surface area contributed by atoms with Crippen molar-refractivity contribution in [1.82, 2.24) is 9.97 Å². The van der Waals surface area contributed by atoms with E-state index in [0.29, 0.717) is 10.9 Å². The first-order chi connectivity index (χ1) is 16.7. The number of furan rings is 1. The molecule has 10 heteroatoms. The molecule has 1 amide bonds. The van der Waals surface area contributed by atoms with Crippen molar-refractivity contribution in [3.05, 3.63) is 87.4 Å². The van der Waals surface area contributed by atoms with Crippen molar-refractivity contribution in [2.75, 3.05) is 10.6 Å². The minimum absolute atomic E-state index is 0.0507. The highest BCUT2D eigenvalue weighted by atomic mass is 32.1. The van der Waals surface area contributed by atoms with Gasteiger partial charge in [-0.2, -0.15) is 8.78 Å². The third kappa shape index (κ3) is 5.65. The molecule has 0 aliphatic carbocycles. The summed E-state index contributed by atoms with van der Waals surface area (Å²) >= 11 is 1.44. The normalized spacial score (nSPS) is 12.0. The number of thiophene rings is 1. The maximum atomic E-state index is 12.8. The molecule has 0 radical (unpaired) electrons. The largest absolute Gasteiger partial charge is 0.459 e. The van der Waals surface area contributed by atoms with Gasteiger partial charge in [-0.05, 0) is 69.2 Å². The Morgan fingerprint density at radius 3 is 2.34 bits per heavy atom. The van der Waals surface area contributed by atoms with E-state index < -0.39 is 12.7 Å². The summed E-state index contributed by atoms with van der Waals surface area (Å²) in [5.41, 5.74) is 4.13. The van der Waals surface area contributed by atoms with Gasteiger partial charge in [-0.25, -0.2) is 9.97 Å². The Hall–Kier alpha value is -3.79. The number of rotatable bonds is 8. The summed E-state index contributed by atoms with van der Waals surface area (Å²) < 4.78 is 35.1. The van der Waals surface area contributed by atoms with E-state index in [1.165, 1.54) is 29.7 Å². The number of amides is 1. The Morgan fingerprint density at radius 2 is 1.74 bits per heavy atom. The zero-order valence-electron chi connectivity index (χ0n) is 19.6. The van der Waals surface area contributed by atoms with E-state index in [4.69, 9.17) is 4.42 Å². The monoisotopic (exact) mass is 498 g/mol. The van der Waals surface area contributed by atoms with Gasteiger partial charge in [-0.3, -0.25) is 4.79 Å². The topological polar surface area (TPSA) is 89.3 Å². The van der Waals surface area contributed by atoms with E-state index in [-0.39, 0.29) is 17.4 Å². The van der Waals surface area contributed by atoms with Crippen molar-refractivity contribution in [3.63, 3.8) is 0 Å². The van der Waals surface area contributed by atoms with Gasteiger partial charge in [-0.15, -0.1) is 11.3 Å². The number of nitrogens with one attached hydrogen (secondary N) is 2. The molecule has 0 spiro atoms. The highest BCUT2D eigenvalue weighted by Crippen LogP contribution is 2.41. The number of hydrogen-bond donors (Lipinski definition) is 2. The summed E-state index contributed by atoms with van der Waals surface area (Å²) in [7, 11) is 0. The van der Waals surface area contributed by atoms with Gasteiger partial charge in [0.25, 0.3) is 5.91 Å². The second-order valence-corrected chi connectivity index (χ2v) is 9.18. The molecule has 0 unspecified atom stereocenters. The van der Waals surface area contributed by atoms with Crippen LogP contribution in [-0.2, 0) is 0 Å². The number of aryl methyl sites for hydroxylation is 3. The predicted octanol–water partition coefficient (Wildman–Crippen LogP) is 6.42. The van der Waals surface area contributed by atoms with Crippen molar-refractivity contribution < 1.29 is 22.7 Å². The lowest BCUT2D eigenvalue weighted by Crippen LogP contribution is -2.18. The Bertz CT molecular complexity index is 1300. The van der Waals surface area contributed by atoms with Crippen molar-refractivity contribution in [1.29, 1.82) is 0 Å². The molecule has 3 heterocycles. The molecule has 35 heavy (non-hydrogen) atoms. The number of hydrogen-bond acceptors (Lipinski definition) is 7. The zero-order valence-corrected chi connectivity index (χ0v) is 20.4. The van der Waals surface area contributed by atoms with Crippen LogP contribution in [0.25, 0.3) is 0 Å². The molecular weight excluding hydrogens is 474 g/mol. The van der Waals surface area contributed by atoms with Gasteiger partial charge >= 0.3 is 6.61 Å². The Morgan fingerprint density at radius 1 is 1.06 bits per heavy atom. The van der Waals surface area contributed by atoms with Crippen LogP contribution in [0.5, 0.6) is 5.75 Å². The molecule has 0 fully saturated rings. The van der Waals surface area contributed by atoms with Gasteiger partial charge in [0, 0.05) is 21.8 Å². The van der Waals surface area contributed by atoms with Crippen molar-refractivity contribution in [2.24, 2.45) is 0 Å². The maximum Gasteiger partial charge on any atom is 0.387 e. The number of anilines is 2. The van der Waals surface area contributed by atoms with Crippen LogP contribution in [0.3, 0.4) is 0 Å². The molecule has 0 saturated carbocycles. The second-order valence-electron chi connectivity index (χ2n) is 7.96. The summed E-state index contributed by atoms with van der Waals surface area (Å²) in [6.45, 7) is 4.77. The van der Waals surface area contributed by atoms with Gasteiger partial charge in [0.1, 0.15) is 10.8 Å². The van der Waals surface area contributed by atoms with Crippen molar-refractivity contribution in [3.8, 4) is 5.75 Å². The molecule has 0 bridgehead atoms. The average Bonchev–Trinajstić information content (AvgIpc) is 3.41. The molecule has 4 rings (SSSR count). The third-order valence-corrected chi connectivity index (χ3v) is 6.53. The van der Waals surface area contributed by atoms with Crippen LogP contribution in [-0.4, -0.2) is 22.5 Å². The van der Waals surface area contributed by atoms with E-state index in [9.17, 15) is 13.6 Å². The maximum absolute atomic E-state index is 12.8. The molecule has 1 aromatic carbocycles. The third-order valence-electron chi connectivity index (χ3n) is 5.39. The fraction of sp³-hybridized carbons (Fsp3) is 0.240. The molecule has 182 valence electrons. The number of carbonyl (C=O) groups excluding carboxylic acids is 1. The lowest BCUT2D eigenvalue weighted by atomic mass is 9.96. The van der Waals surface area contributed by atoms with E-state index in [1.807, 2.05) is 33.8 Å². The minimum Gasteiger partial charge on any atom is -0.459 e. The van der Waals surface area contributed by atoms with Gasteiger partial charge in [0.15, 0.2) is 5.76 Å². The summed E-state index contributed by atoms with van der Waals surface area (Å²) in [4.78, 5) is 22.8. The van der Waals surface area contributed by atoms with Crippen molar-refractivity contribution in [2.45, 2.75) is 40.3 Å². The quantitative estimate of drug-likeness (QED) is 0.291. The van der Waals surface area contributed by atoms with Crippen LogP contribution in [0.15, 0.2) is 53.1 Å². The van der Waals surface area contributed by atoms with Gasteiger partial charge in [-0.1, -0.05) is 12.1 Å². The Labute approximate surface area is 205 Å². The van der Waals surface area contributed by atoms with Crippen LogP contribution in [0.4, 0.5) is 19.7 Å². The fourth-order valence-corrected chi connectivity index (χ4v) is 4.83. The number of aromatic nitrogens is 2. The van der Waals surface area contributed by atoms with Gasteiger partial charge in [0.2, 0.25) is 5.95 Å². The summed E-state index contributed by atoms with van der Waals surface area (Å²) in [6.07, 6.45) is 1.44. The second kappa shape index (κ2) is 10.2. The first-order valence-corrected chi connectivity index (χ1v) is 11.6. The molecular formula is C25H24F2N4O3S. The number of benzene rings is 1. The molecule has 0 aliphatic rings. The molecule has 3 aromatic heterocycles. The first-order valence-electron chi connectivity index (χ1n) is 10.8. The SMILES string of the molecule is Cc1cc(C)nc(N[C@@H](c2ccc(OC(F)F)cc2)c2c(NC(=O)c3ccco3)sc(C)c2C)n1. The van der Waals surface area contributed by atoms with Crippen LogP contribution < -0.4 is 15.4 Å². The van der Waals surface area contributed by atoms with E-state index in [2.05, 4.69) is 25.3 Å². The van der Waals surface area contributed by atoms with Crippen LogP contribution in [0.2, 0.25) is 0 Å². The lowest BCUT2D eigenvalue weighted by Gasteiger charge is -2.22. The molecule has 1 atom stereocenters. The number of halogens is 2. The predicted molar refractivity (Wildman–Crippen MR) is 130 cm³/mol. The minimum atomic E-state index is -2.91. The molecule has 4 aromatic rings. The highest BCUT2D eigenvalue weighted by molar-refractivity contribution is 7.16. The number of nitrogens with zero attached hydrogens (tertiary/aromatic N) is 2. The van der Waals surface area contributed by atoms with E-state index in [0.717, 1.165) is 33.0 Å². The van der Waals surface area contributed by atoms with Crippen molar-refractivity contribution >= 4 is 28.2 Å². The summed E-state index contributed by atoms with van der Waals surface area (Å²) in [5.74, 6) is 0.275. The Balaban J connectivity index is 1.78. The number of carbonyl (C=O) groups is 1. The standard InChI is InChI=1S/C25H24F2N4O3S/c1-13-12-14(2)29-25(28-13)30-21(17-7-9-18(10-8-17)34-24(26)27)20-15(3)16(4)35-23(20)31-22(32)19-6-5-11-33-19/h5-12,21,24H,1-4H3,(H,31,32)(H,28,29,30)/t21-/m0/s1. The number of ether oxygens (including phenoxy) is 1. The van der Waals surface area contributed by atoms with Gasteiger partial charge < -0.3 is 19.8 Å². The van der Waals surface area contributed by atoms with Crippen LogP contribution in [0, 0.1) is 27.7 Å². The fourth-order valence-electron chi connectivity index (χ4n) is 3.74. The molecule has 0 aliphatic heterocycles. The summed E-state index contributed by atoms with van der Waals surface area (Å²) in [6, 6.07) is 11.0. The molecule has 7 nitrogen and oxygen atoms in total. The number of alkyl halides is 2. The highest BCUT2D eigenvalue weighted by Gasteiger charge is 2.26. The average molecular weight is 499 g/mol. The molecule has 2 N–H and O–H groups in total. The smallest absolute Gasteiger partial charge is 0.387 e. The van der Waals surface area contributed by atoms with Crippen LogP contribution in [0.1, 0.15) is 49.6 Å². The summed E-state index contributed by atoms with van der Waals surface area (Å²) in [5, 5.41) is 6.96. The first kappa shape index (κ1) is 24.3. The zero-order chi connectivity index (χ0) is 25.1. The van der Waals surface area contributed by atoms with E-state index in [1.54, 1.807) is 24.3 Å². The Kier molecular flexibility index (Phi) is 7.11. The van der Waals surface area contributed by atoms with Gasteiger partial charge in [0.05, 0.1) is 12.3 Å².